The van der Waals surface area contributed by atoms with E-state index in [-0.39, 0.29) is 22.8 Å². The van der Waals surface area contributed by atoms with E-state index < -0.39 is 22.9 Å². The molecule has 0 saturated heterocycles. The number of anilines is 2. The lowest BCUT2D eigenvalue weighted by molar-refractivity contribution is -0.384. The first-order chi connectivity index (χ1) is 13.1. The summed E-state index contributed by atoms with van der Waals surface area (Å²) in [5.41, 5.74) is 0.896. The van der Waals surface area contributed by atoms with Gasteiger partial charge in [-0.25, -0.2) is 4.79 Å². The third-order valence-corrected chi connectivity index (χ3v) is 4.98. The van der Waals surface area contributed by atoms with Crippen LogP contribution in [0.5, 0.6) is 0 Å². The molecule has 2 N–H and O–H groups in total. The van der Waals surface area contributed by atoms with E-state index in [1.54, 1.807) is 13.8 Å². The van der Waals surface area contributed by atoms with E-state index in [0.717, 1.165) is 4.88 Å². The molecule has 0 aliphatic carbocycles. The smallest absolute Gasteiger partial charge is 0.342 e. The van der Waals surface area contributed by atoms with Crippen LogP contribution in [0.1, 0.15) is 34.6 Å². The molecule has 10 heteroatoms. The molecule has 0 aliphatic heterocycles. The van der Waals surface area contributed by atoms with Crippen molar-refractivity contribution in [1.82, 2.24) is 0 Å². The van der Waals surface area contributed by atoms with Gasteiger partial charge in [-0.15, -0.1) is 11.3 Å². The molecule has 0 spiro atoms. The molecule has 1 aromatic heterocycles. The second-order valence-corrected chi connectivity index (χ2v) is 7.24. The monoisotopic (exact) mass is 405 g/mol. The van der Waals surface area contributed by atoms with Gasteiger partial charge in [-0.2, -0.15) is 0 Å². The Morgan fingerprint density at radius 1 is 1.21 bits per heavy atom. The lowest BCUT2D eigenvalue weighted by Gasteiger charge is -2.14. The number of thiophene rings is 1. The van der Waals surface area contributed by atoms with E-state index in [4.69, 9.17) is 4.74 Å². The zero-order valence-electron chi connectivity index (χ0n) is 15.7. The number of benzene rings is 1. The van der Waals surface area contributed by atoms with Gasteiger partial charge in [-0.1, -0.05) is 6.07 Å². The number of amides is 2. The van der Waals surface area contributed by atoms with Crippen molar-refractivity contribution in [2.24, 2.45) is 0 Å². The number of nitro groups is 1. The van der Waals surface area contributed by atoms with Crippen LogP contribution in [0.25, 0.3) is 0 Å². The van der Waals surface area contributed by atoms with Crippen LogP contribution in [0, 0.1) is 24.0 Å². The van der Waals surface area contributed by atoms with Crippen LogP contribution in [-0.2, 0) is 14.3 Å². The molecule has 28 heavy (non-hydrogen) atoms. The number of carbonyl (C=O) groups is 3. The highest BCUT2D eigenvalue weighted by molar-refractivity contribution is 7.16. The average Bonchev–Trinajstić information content (AvgIpc) is 2.88. The van der Waals surface area contributed by atoms with Gasteiger partial charge < -0.3 is 15.4 Å². The van der Waals surface area contributed by atoms with Gasteiger partial charge in [-0.05, 0) is 32.4 Å². The Morgan fingerprint density at radius 3 is 2.50 bits per heavy atom. The van der Waals surface area contributed by atoms with Gasteiger partial charge in [-0.3, -0.25) is 19.7 Å². The van der Waals surface area contributed by atoms with Gasteiger partial charge in [0.15, 0.2) is 6.10 Å². The Balaban J connectivity index is 2.12. The fourth-order valence-corrected chi connectivity index (χ4v) is 3.43. The highest BCUT2D eigenvalue weighted by Gasteiger charge is 2.25. The van der Waals surface area contributed by atoms with Crippen molar-refractivity contribution in [3.63, 3.8) is 0 Å². The van der Waals surface area contributed by atoms with E-state index in [0.29, 0.717) is 10.6 Å². The van der Waals surface area contributed by atoms with Gasteiger partial charge in [0.25, 0.3) is 11.6 Å². The van der Waals surface area contributed by atoms with E-state index >= 15 is 0 Å². The van der Waals surface area contributed by atoms with Crippen molar-refractivity contribution in [1.29, 1.82) is 0 Å². The third kappa shape index (κ3) is 4.92. The standard InChI is InChI=1S/C18H19N3O6S/c1-9-11(3)28-17(19-12(4)22)15(9)18(24)27-10(2)16(23)20-13-6-5-7-14(8-13)21(25)26/h5-8,10H,1-4H3,(H,19,22)(H,20,23). The Bertz CT molecular complexity index is 953. The highest BCUT2D eigenvalue weighted by Crippen LogP contribution is 2.33. The van der Waals surface area contributed by atoms with Crippen LogP contribution in [-0.4, -0.2) is 28.8 Å². The molecule has 1 aromatic carbocycles. The van der Waals surface area contributed by atoms with Crippen molar-refractivity contribution in [2.45, 2.75) is 33.8 Å². The van der Waals surface area contributed by atoms with Gasteiger partial charge in [0.2, 0.25) is 5.91 Å². The highest BCUT2D eigenvalue weighted by atomic mass is 32.1. The van der Waals surface area contributed by atoms with Crippen LogP contribution >= 0.6 is 11.3 Å². The predicted molar refractivity (Wildman–Crippen MR) is 105 cm³/mol. The van der Waals surface area contributed by atoms with E-state index in [9.17, 15) is 24.5 Å². The van der Waals surface area contributed by atoms with E-state index in [2.05, 4.69) is 10.6 Å². The first-order valence-corrected chi connectivity index (χ1v) is 9.05. The number of aryl methyl sites for hydroxylation is 1. The lowest BCUT2D eigenvalue weighted by Crippen LogP contribution is -2.30. The molecule has 0 fully saturated rings. The van der Waals surface area contributed by atoms with Crippen molar-refractivity contribution in [3.8, 4) is 0 Å². The fraction of sp³-hybridized carbons (Fsp3) is 0.278. The molecule has 9 nitrogen and oxygen atoms in total. The number of hydrogen-bond donors (Lipinski definition) is 2. The molecule has 1 heterocycles. The van der Waals surface area contributed by atoms with Crippen molar-refractivity contribution in [2.75, 3.05) is 10.6 Å². The summed E-state index contributed by atoms with van der Waals surface area (Å²) in [4.78, 5) is 47.3. The number of nitro benzene ring substituents is 1. The maximum Gasteiger partial charge on any atom is 0.342 e. The zero-order chi connectivity index (χ0) is 21.0. The zero-order valence-corrected chi connectivity index (χ0v) is 16.5. The summed E-state index contributed by atoms with van der Waals surface area (Å²) < 4.78 is 5.24. The minimum Gasteiger partial charge on any atom is -0.449 e. The number of non-ortho nitro benzene ring substituents is 1. The Labute approximate surface area is 164 Å². The molecule has 2 rings (SSSR count). The molecule has 0 bridgehead atoms. The first-order valence-electron chi connectivity index (χ1n) is 8.24. The average molecular weight is 405 g/mol. The summed E-state index contributed by atoms with van der Waals surface area (Å²) in [7, 11) is 0. The van der Waals surface area contributed by atoms with Gasteiger partial charge >= 0.3 is 5.97 Å². The van der Waals surface area contributed by atoms with Crippen molar-refractivity contribution >= 4 is 45.5 Å². The fourth-order valence-electron chi connectivity index (χ4n) is 2.33. The number of carbonyl (C=O) groups excluding carboxylic acids is 3. The maximum absolute atomic E-state index is 12.6. The molecule has 0 aliphatic rings. The Morgan fingerprint density at radius 2 is 1.89 bits per heavy atom. The number of rotatable bonds is 6. The molecule has 1 unspecified atom stereocenters. The molecule has 1 atom stereocenters. The minimum absolute atomic E-state index is 0.174. The van der Waals surface area contributed by atoms with Gasteiger partial charge in [0.1, 0.15) is 5.00 Å². The van der Waals surface area contributed by atoms with E-state index in [1.807, 2.05) is 0 Å². The molecular formula is C18H19N3O6S. The number of nitrogens with one attached hydrogen (secondary N) is 2. The summed E-state index contributed by atoms with van der Waals surface area (Å²) in [5.74, 6) is -1.71. The molecule has 2 aromatic rings. The topological polar surface area (TPSA) is 128 Å². The van der Waals surface area contributed by atoms with Crippen molar-refractivity contribution in [3.05, 3.63) is 50.4 Å². The van der Waals surface area contributed by atoms with E-state index in [1.165, 1.54) is 49.4 Å². The predicted octanol–water partition coefficient (Wildman–Crippen LogP) is 3.42. The minimum atomic E-state index is -1.16. The number of esters is 1. The molecule has 2 amide bonds. The summed E-state index contributed by atoms with van der Waals surface area (Å²) in [6.45, 7) is 6.24. The lowest BCUT2D eigenvalue weighted by atomic mass is 10.1. The van der Waals surface area contributed by atoms with Gasteiger partial charge in [0.05, 0.1) is 10.5 Å². The second kappa shape index (κ2) is 8.61. The van der Waals surface area contributed by atoms with Crippen LogP contribution in [0.4, 0.5) is 16.4 Å². The van der Waals surface area contributed by atoms with Crippen LogP contribution < -0.4 is 10.6 Å². The SMILES string of the molecule is CC(=O)Nc1sc(C)c(C)c1C(=O)OC(C)C(=O)Nc1cccc([N+](=O)[O-])c1. The second-order valence-electron chi connectivity index (χ2n) is 6.01. The largest absolute Gasteiger partial charge is 0.449 e. The Hall–Kier alpha value is -3.27. The third-order valence-electron chi connectivity index (χ3n) is 3.86. The van der Waals surface area contributed by atoms with Crippen LogP contribution in [0.2, 0.25) is 0 Å². The first kappa shape index (κ1) is 21.0. The number of hydrogen-bond acceptors (Lipinski definition) is 7. The summed E-state index contributed by atoms with van der Waals surface area (Å²) in [6.07, 6.45) is -1.16. The quantitative estimate of drug-likeness (QED) is 0.431. The number of nitrogens with zero attached hydrogens (tertiary/aromatic N) is 1. The summed E-state index contributed by atoms with van der Waals surface area (Å²) in [6, 6.07) is 5.42. The Kier molecular flexibility index (Phi) is 6.47. The van der Waals surface area contributed by atoms with Crippen LogP contribution in [0.15, 0.2) is 24.3 Å². The molecule has 148 valence electrons. The molecule has 0 saturated carbocycles. The maximum atomic E-state index is 12.6. The molecule has 0 radical (unpaired) electrons. The normalized spacial score (nSPS) is 11.4. The van der Waals surface area contributed by atoms with Crippen LogP contribution in [0.3, 0.4) is 0 Å². The molecular weight excluding hydrogens is 386 g/mol. The number of ether oxygens (including phenoxy) is 1. The summed E-state index contributed by atoms with van der Waals surface area (Å²) >= 11 is 1.24. The summed E-state index contributed by atoms with van der Waals surface area (Å²) in [5, 5.41) is 16.2. The van der Waals surface area contributed by atoms with Crippen molar-refractivity contribution < 1.29 is 24.0 Å². The van der Waals surface area contributed by atoms with Gasteiger partial charge in [0, 0.05) is 29.6 Å².